The number of nitrogens with one attached hydrogen (secondary N) is 1. The second-order valence-electron chi connectivity index (χ2n) is 6.69. The van der Waals surface area contributed by atoms with E-state index in [9.17, 15) is 14.9 Å². The van der Waals surface area contributed by atoms with Gasteiger partial charge in [0.05, 0.1) is 17.2 Å². The minimum Gasteiger partial charge on any atom is -0.347 e. The molecule has 0 bridgehead atoms. The lowest BCUT2D eigenvalue weighted by molar-refractivity contribution is -0.384. The molecule has 2 aromatic rings. The van der Waals surface area contributed by atoms with E-state index < -0.39 is 4.92 Å². The maximum absolute atomic E-state index is 12.4. The highest BCUT2D eigenvalue weighted by molar-refractivity contribution is 7.13. The molecule has 0 saturated carbocycles. The summed E-state index contributed by atoms with van der Waals surface area (Å²) in [6.07, 6.45) is 0.975. The summed E-state index contributed by atoms with van der Waals surface area (Å²) < 4.78 is 0. The molecule has 3 rings (SSSR count). The SMILES string of the molecule is Cc1csc(N2CCCN(CC(=O)Nc3ccc([N+](=O)[O-])cc3C)CC2)n1. The number of nitrogens with zero attached hydrogens (tertiary/aromatic N) is 4. The number of carbonyl (C=O) groups is 1. The summed E-state index contributed by atoms with van der Waals surface area (Å²) in [6.45, 7) is 7.49. The molecule has 1 aliphatic heterocycles. The van der Waals surface area contributed by atoms with Crippen molar-refractivity contribution in [2.45, 2.75) is 20.3 Å². The lowest BCUT2D eigenvalue weighted by Crippen LogP contribution is -2.36. The quantitative estimate of drug-likeness (QED) is 0.624. The van der Waals surface area contributed by atoms with Crippen molar-refractivity contribution >= 4 is 33.8 Å². The van der Waals surface area contributed by atoms with E-state index in [1.165, 1.54) is 12.1 Å². The van der Waals surface area contributed by atoms with Crippen LogP contribution in [0.15, 0.2) is 23.6 Å². The van der Waals surface area contributed by atoms with Crippen LogP contribution in [0, 0.1) is 24.0 Å². The topological polar surface area (TPSA) is 91.6 Å². The normalized spacial score (nSPS) is 15.4. The van der Waals surface area contributed by atoms with E-state index in [1.807, 2.05) is 6.92 Å². The number of amides is 1. The first-order valence-electron chi connectivity index (χ1n) is 8.86. The summed E-state index contributed by atoms with van der Waals surface area (Å²) in [5.41, 5.74) is 2.35. The number of aryl methyl sites for hydroxylation is 2. The third-order valence-corrected chi connectivity index (χ3v) is 5.55. The Bertz CT molecular complexity index is 838. The van der Waals surface area contributed by atoms with Crippen LogP contribution in [0.5, 0.6) is 0 Å². The Morgan fingerprint density at radius 1 is 1.30 bits per heavy atom. The second-order valence-corrected chi connectivity index (χ2v) is 7.53. The molecule has 0 unspecified atom stereocenters. The van der Waals surface area contributed by atoms with E-state index in [4.69, 9.17) is 0 Å². The minimum atomic E-state index is -0.439. The van der Waals surface area contributed by atoms with Crippen molar-refractivity contribution in [3.63, 3.8) is 0 Å². The number of aromatic nitrogens is 1. The zero-order chi connectivity index (χ0) is 19.4. The van der Waals surface area contributed by atoms with Gasteiger partial charge in [0.2, 0.25) is 5.91 Å². The fourth-order valence-electron chi connectivity index (χ4n) is 3.10. The highest BCUT2D eigenvalue weighted by atomic mass is 32.1. The number of anilines is 2. The number of rotatable bonds is 5. The molecule has 1 N–H and O–H groups in total. The molecule has 144 valence electrons. The number of hydrogen-bond donors (Lipinski definition) is 1. The van der Waals surface area contributed by atoms with E-state index in [-0.39, 0.29) is 11.6 Å². The van der Waals surface area contributed by atoms with E-state index >= 15 is 0 Å². The van der Waals surface area contributed by atoms with Gasteiger partial charge in [0, 0.05) is 49.4 Å². The second kappa shape index (κ2) is 8.45. The summed E-state index contributed by atoms with van der Waals surface area (Å²) in [5.74, 6) is -0.106. The zero-order valence-electron chi connectivity index (χ0n) is 15.5. The number of non-ortho nitro benzene ring substituents is 1. The molecule has 8 nitrogen and oxygen atoms in total. The van der Waals surface area contributed by atoms with Crippen LogP contribution < -0.4 is 10.2 Å². The third-order valence-electron chi connectivity index (χ3n) is 4.53. The monoisotopic (exact) mass is 389 g/mol. The average Bonchev–Trinajstić information content (AvgIpc) is 2.92. The van der Waals surface area contributed by atoms with Gasteiger partial charge in [0.15, 0.2) is 5.13 Å². The van der Waals surface area contributed by atoms with Crippen molar-refractivity contribution < 1.29 is 9.72 Å². The van der Waals surface area contributed by atoms with Crippen LogP contribution in [-0.4, -0.2) is 53.4 Å². The van der Waals surface area contributed by atoms with Crippen LogP contribution in [-0.2, 0) is 4.79 Å². The van der Waals surface area contributed by atoms with Crippen LogP contribution in [0.4, 0.5) is 16.5 Å². The van der Waals surface area contributed by atoms with Crippen LogP contribution in [0.3, 0.4) is 0 Å². The van der Waals surface area contributed by atoms with Gasteiger partial charge in [0.25, 0.3) is 5.69 Å². The summed E-state index contributed by atoms with van der Waals surface area (Å²) in [4.78, 5) is 31.7. The number of benzene rings is 1. The number of nitro groups is 1. The van der Waals surface area contributed by atoms with Gasteiger partial charge in [-0.15, -0.1) is 11.3 Å². The van der Waals surface area contributed by atoms with Crippen molar-refractivity contribution in [1.29, 1.82) is 0 Å². The molecule has 0 aliphatic carbocycles. The molecule has 1 aliphatic rings. The molecule has 1 aromatic carbocycles. The van der Waals surface area contributed by atoms with Gasteiger partial charge in [-0.05, 0) is 31.9 Å². The van der Waals surface area contributed by atoms with Crippen molar-refractivity contribution in [2.75, 3.05) is 42.9 Å². The molecule has 2 heterocycles. The summed E-state index contributed by atoms with van der Waals surface area (Å²) in [5, 5.41) is 16.8. The Morgan fingerprint density at radius 2 is 2.11 bits per heavy atom. The van der Waals surface area contributed by atoms with Gasteiger partial charge in [0.1, 0.15) is 0 Å². The Kier molecular flexibility index (Phi) is 6.02. The fourth-order valence-corrected chi connectivity index (χ4v) is 3.96. The molecule has 1 aromatic heterocycles. The molecule has 9 heteroatoms. The van der Waals surface area contributed by atoms with Crippen LogP contribution >= 0.6 is 11.3 Å². The molecule has 0 atom stereocenters. The predicted molar refractivity (Wildman–Crippen MR) is 107 cm³/mol. The number of carbonyl (C=O) groups excluding carboxylic acids is 1. The van der Waals surface area contributed by atoms with E-state index in [0.717, 1.165) is 43.4 Å². The average molecular weight is 389 g/mol. The Balaban J connectivity index is 1.54. The van der Waals surface area contributed by atoms with Crippen molar-refractivity contribution in [2.24, 2.45) is 0 Å². The Morgan fingerprint density at radius 3 is 2.78 bits per heavy atom. The maximum atomic E-state index is 12.4. The maximum Gasteiger partial charge on any atom is 0.269 e. The van der Waals surface area contributed by atoms with Crippen LogP contribution in [0.25, 0.3) is 0 Å². The van der Waals surface area contributed by atoms with Crippen molar-refractivity contribution in [3.05, 3.63) is 45.0 Å². The van der Waals surface area contributed by atoms with Gasteiger partial charge in [-0.2, -0.15) is 0 Å². The Hall–Kier alpha value is -2.52. The number of thiazole rings is 1. The van der Waals surface area contributed by atoms with Crippen molar-refractivity contribution in [1.82, 2.24) is 9.88 Å². The molecular formula is C18H23N5O3S. The lowest BCUT2D eigenvalue weighted by Gasteiger charge is -2.21. The standard InChI is InChI=1S/C18H23N5O3S/c1-13-10-15(23(25)26)4-5-16(13)20-17(24)11-21-6-3-7-22(9-8-21)18-19-14(2)12-27-18/h4-5,10,12H,3,6-9,11H2,1-2H3,(H,20,24). The van der Waals surface area contributed by atoms with E-state index in [1.54, 1.807) is 24.3 Å². The van der Waals surface area contributed by atoms with E-state index in [0.29, 0.717) is 17.8 Å². The highest BCUT2D eigenvalue weighted by Gasteiger charge is 2.19. The molecule has 0 spiro atoms. The highest BCUT2D eigenvalue weighted by Crippen LogP contribution is 2.22. The molecule has 27 heavy (non-hydrogen) atoms. The van der Waals surface area contributed by atoms with Crippen LogP contribution in [0.1, 0.15) is 17.7 Å². The van der Waals surface area contributed by atoms with E-state index in [2.05, 4.69) is 25.5 Å². The summed E-state index contributed by atoms with van der Waals surface area (Å²) in [6, 6.07) is 4.46. The minimum absolute atomic E-state index is 0.0236. The number of nitro benzene ring substituents is 1. The fraction of sp³-hybridized carbons (Fsp3) is 0.444. The molecule has 1 amide bonds. The first kappa shape index (κ1) is 19.2. The predicted octanol–water partition coefficient (Wildman–Crippen LogP) is 2.82. The first-order chi connectivity index (χ1) is 12.9. The summed E-state index contributed by atoms with van der Waals surface area (Å²) in [7, 11) is 0. The largest absolute Gasteiger partial charge is 0.347 e. The van der Waals surface area contributed by atoms with Gasteiger partial charge in [-0.3, -0.25) is 19.8 Å². The molecule has 1 saturated heterocycles. The summed E-state index contributed by atoms with van der Waals surface area (Å²) >= 11 is 1.66. The van der Waals surface area contributed by atoms with Crippen LogP contribution in [0.2, 0.25) is 0 Å². The molecular weight excluding hydrogens is 366 g/mol. The first-order valence-corrected chi connectivity index (χ1v) is 9.74. The zero-order valence-corrected chi connectivity index (χ0v) is 16.3. The Labute approximate surface area is 162 Å². The van der Waals surface area contributed by atoms with Gasteiger partial charge >= 0.3 is 0 Å². The lowest BCUT2D eigenvalue weighted by atomic mass is 10.2. The third kappa shape index (κ3) is 5.01. The smallest absolute Gasteiger partial charge is 0.269 e. The molecule has 0 radical (unpaired) electrons. The van der Waals surface area contributed by atoms with Gasteiger partial charge in [-0.25, -0.2) is 4.98 Å². The number of hydrogen-bond acceptors (Lipinski definition) is 7. The molecule has 1 fully saturated rings. The van der Waals surface area contributed by atoms with Crippen molar-refractivity contribution in [3.8, 4) is 0 Å². The van der Waals surface area contributed by atoms with Gasteiger partial charge < -0.3 is 10.2 Å². The van der Waals surface area contributed by atoms with Gasteiger partial charge in [-0.1, -0.05) is 0 Å².